The molecule has 0 atom stereocenters. The van der Waals surface area contributed by atoms with Crippen molar-refractivity contribution in [1.82, 2.24) is 0 Å². The van der Waals surface area contributed by atoms with Crippen molar-refractivity contribution >= 4 is 71.7 Å². The molecule has 0 fully saturated rings. The van der Waals surface area contributed by atoms with Crippen LogP contribution in [0.1, 0.15) is 0 Å². The number of rotatable bonds is 7. The number of fused-ring (bicyclic) bond motifs is 7. The van der Waals surface area contributed by atoms with Gasteiger partial charge in [0.15, 0.2) is 0 Å². The van der Waals surface area contributed by atoms with Crippen LogP contribution in [0, 0.1) is 0 Å². The first kappa shape index (κ1) is 34.9. The SMILES string of the molecule is c1cc(-c2ccc(N(c3ccc(-c4ccc5c(c4)oc4ccccc45)cc3)c3ccccc3-c3cccc4c3oc3ccccc34)cc2)cc(-c2ccc3ccccc3c2)c1. The normalized spacial score (nSPS) is 11.6. The highest BCUT2D eigenvalue weighted by atomic mass is 16.3. The van der Waals surface area contributed by atoms with Gasteiger partial charge in [-0.25, -0.2) is 0 Å². The van der Waals surface area contributed by atoms with Gasteiger partial charge in [0.05, 0.1) is 5.69 Å². The average molecular weight is 780 g/mol. The van der Waals surface area contributed by atoms with Crippen molar-refractivity contribution in [1.29, 1.82) is 0 Å². The topological polar surface area (TPSA) is 29.5 Å². The van der Waals surface area contributed by atoms with Crippen LogP contribution in [0.2, 0.25) is 0 Å². The van der Waals surface area contributed by atoms with Gasteiger partial charge in [0.2, 0.25) is 0 Å². The molecule has 10 aromatic carbocycles. The summed E-state index contributed by atoms with van der Waals surface area (Å²) in [5.74, 6) is 0. The Morgan fingerprint density at radius 2 is 0.787 bits per heavy atom. The second-order valence-electron chi connectivity index (χ2n) is 15.7. The molecule has 0 saturated heterocycles. The first-order valence-corrected chi connectivity index (χ1v) is 20.7. The third-order valence-electron chi connectivity index (χ3n) is 12.1. The van der Waals surface area contributed by atoms with Gasteiger partial charge in [0.25, 0.3) is 0 Å². The molecule has 0 spiro atoms. The predicted molar refractivity (Wildman–Crippen MR) is 255 cm³/mol. The lowest BCUT2D eigenvalue weighted by atomic mass is 9.96. The molecule has 3 heteroatoms. The lowest BCUT2D eigenvalue weighted by Gasteiger charge is -2.28. The van der Waals surface area contributed by atoms with Crippen molar-refractivity contribution in [2.75, 3.05) is 4.90 Å². The van der Waals surface area contributed by atoms with E-state index < -0.39 is 0 Å². The molecule has 12 aromatic rings. The van der Waals surface area contributed by atoms with E-state index >= 15 is 0 Å². The minimum absolute atomic E-state index is 0.883. The van der Waals surface area contributed by atoms with Gasteiger partial charge in [-0.1, -0.05) is 158 Å². The third-order valence-corrected chi connectivity index (χ3v) is 12.1. The fraction of sp³-hybridized carbons (Fsp3) is 0. The van der Waals surface area contributed by atoms with E-state index in [1.54, 1.807) is 0 Å². The van der Waals surface area contributed by atoms with Gasteiger partial charge in [-0.3, -0.25) is 0 Å². The van der Waals surface area contributed by atoms with Crippen LogP contribution in [0.3, 0.4) is 0 Å². The van der Waals surface area contributed by atoms with Gasteiger partial charge in [-0.15, -0.1) is 0 Å². The molecule has 2 heterocycles. The predicted octanol–water partition coefficient (Wildman–Crippen LogP) is 16.8. The van der Waals surface area contributed by atoms with Crippen molar-refractivity contribution in [3.05, 3.63) is 224 Å². The van der Waals surface area contributed by atoms with Gasteiger partial charge in [0, 0.05) is 44.0 Å². The molecule has 61 heavy (non-hydrogen) atoms. The van der Waals surface area contributed by atoms with Gasteiger partial charge >= 0.3 is 0 Å². The molecule has 3 nitrogen and oxygen atoms in total. The van der Waals surface area contributed by atoms with E-state index in [4.69, 9.17) is 8.83 Å². The van der Waals surface area contributed by atoms with Crippen LogP contribution in [0.4, 0.5) is 17.1 Å². The highest BCUT2D eigenvalue weighted by Gasteiger charge is 2.21. The van der Waals surface area contributed by atoms with E-state index in [1.807, 2.05) is 24.3 Å². The number of hydrogen-bond acceptors (Lipinski definition) is 3. The molecule has 0 aliphatic rings. The van der Waals surface area contributed by atoms with Crippen molar-refractivity contribution in [2.24, 2.45) is 0 Å². The molecule has 12 rings (SSSR count). The Hall–Kier alpha value is -8.14. The number of hydrogen-bond donors (Lipinski definition) is 0. The quantitative estimate of drug-likeness (QED) is 0.161. The van der Waals surface area contributed by atoms with Crippen molar-refractivity contribution in [3.63, 3.8) is 0 Å². The Balaban J connectivity index is 0.962. The lowest BCUT2D eigenvalue weighted by molar-refractivity contribution is 0.669. The molecule has 0 amide bonds. The maximum Gasteiger partial charge on any atom is 0.143 e. The smallest absolute Gasteiger partial charge is 0.143 e. The molecule has 0 radical (unpaired) electrons. The van der Waals surface area contributed by atoms with Gasteiger partial charge in [-0.2, -0.15) is 0 Å². The molecule has 0 aliphatic heterocycles. The Morgan fingerprint density at radius 1 is 0.279 bits per heavy atom. The van der Waals surface area contributed by atoms with Gasteiger partial charge in [-0.05, 0) is 111 Å². The Bertz CT molecular complexity index is 3590. The number of furan rings is 2. The highest BCUT2D eigenvalue weighted by Crippen LogP contribution is 2.45. The van der Waals surface area contributed by atoms with Crippen molar-refractivity contribution in [3.8, 4) is 44.5 Å². The van der Waals surface area contributed by atoms with Crippen LogP contribution >= 0.6 is 0 Å². The molecular formula is C58H37NO2. The second kappa shape index (κ2) is 14.3. The van der Waals surface area contributed by atoms with Crippen LogP contribution in [0.5, 0.6) is 0 Å². The zero-order valence-corrected chi connectivity index (χ0v) is 33.1. The summed E-state index contributed by atoms with van der Waals surface area (Å²) in [6.45, 7) is 0. The van der Waals surface area contributed by atoms with Gasteiger partial charge < -0.3 is 13.7 Å². The molecule has 0 N–H and O–H groups in total. The minimum atomic E-state index is 0.883. The van der Waals surface area contributed by atoms with E-state index in [0.717, 1.165) is 88.8 Å². The van der Waals surface area contributed by atoms with E-state index in [9.17, 15) is 0 Å². The van der Waals surface area contributed by atoms with Crippen LogP contribution < -0.4 is 4.90 Å². The summed E-state index contributed by atoms with van der Waals surface area (Å²) in [6.07, 6.45) is 0. The van der Waals surface area contributed by atoms with Crippen molar-refractivity contribution < 1.29 is 8.83 Å². The molecule has 286 valence electrons. The monoisotopic (exact) mass is 779 g/mol. The largest absolute Gasteiger partial charge is 0.456 e. The summed E-state index contributed by atoms with van der Waals surface area (Å²) in [4.78, 5) is 2.36. The fourth-order valence-corrected chi connectivity index (χ4v) is 9.04. The summed E-state index contributed by atoms with van der Waals surface area (Å²) in [6, 6.07) is 80.0. The molecular weight excluding hydrogens is 743 g/mol. The maximum atomic E-state index is 6.60. The van der Waals surface area contributed by atoms with Crippen LogP contribution in [0.25, 0.3) is 99.2 Å². The molecule has 0 aliphatic carbocycles. The summed E-state index contributed by atoms with van der Waals surface area (Å²) >= 11 is 0. The van der Waals surface area contributed by atoms with Gasteiger partial charge in [0.1, 0.15) is 22.3 Å². The third kappa shape index (κ3) is 6.06. The number of para-hydroxylation sites is 4. The summed E-state index contributed by atoms with van der Waals surface area (Å²) in [5, 5.41) is 6.97. The standard InChI is InChI=1S/C58H37NO2/c1-2-12-41-36-44(24-23-38(41)11-1)43-14-9-13-42(35-43)39-25-30-46(31-26-39)59(47-32-27-40(28-33-47)45-29-34-51-49-16-4-7-21-55(49)60-57(51)37-45)54-20-6-3-15-48(54)52-18-10-19-53-50-17-5-8-22-56(50)61-58(52)53/h1-37H. The van der Waals surface area contributed by atoms with Crippen LogP contribution in [0.15, 0.2) is 233 Å². The number of anilines is 3. The molecule has 0 saturated carbocycles. The minimum Gasteiger partial charge on any atom is -0.456 e. The Kier molecular flexibility index (Phi) is 8.17. The highest BCUT2D eigenvalue weighted by molar-refractivity contribution is 6.11. The van der Waals surface area contributed by atoms with Crippen LogP contribution in [-0.2, 0) is 0 Å². The van der Waals surface area contributed by atoms with E-state index in [2.05, 4.69) is 205 Å². The summed E-state index contributed by atoms with van der Waals surface area (Å²) < 4.78 is 12.9. The van der Waals surface area contributed by atoms with E-state index in [0.29, 0.717) is 0 Å². The molecule has 2 aromatic heterocycles. The first-order chi connectivity index (χ1) is 30.2. The molecule has 0 unspecified atom stereocenters. The van der Waals surface area contributed by atoms with Crippen molar-refractivity contribution in [2.45, 2.75) is 0 Å². The fourth-order valence-electron chi connectivity index (χ4n) is 9.04. The second-order valence-corrected chi connectivity index (χ2v) is 15.7. The van der Waals surface area contributed by atoms with Crippen LogP contribution in [-0.4, -0.2) is 0 Å². The summed E-state index contributed by atoms with van der Waals surface area (Å²) in [5.41, 5.74) is 15.8. The zero-order valence-electron chi connectivity index (χ0n) is 33.1. The summed E-state index contributed by atoms with van der Waals surface area (Å²) in [7, 11) is 0. The zero-order chi connectivity index (χ0) is 40.3. The molecule has 0 bridgehead atoms. The lowest BCUT2D eigenvalue weighted by Crippen LogP contribution is -2.11. The van der Waals surface area contributed by atoms with E-state index in [-0.39, 0.29) is 0 Å². The number of nitrogens with zero attached hydrogens (tertiary/aromatic N) is 1. The maximum absolute atomic E-state index is 6.60. The van der Waals surface area contributed by atoms with E-state index in [1.165, 1.54) is 27.5 Å². The number of benzene rings is 10. The average Bonchev–Trinajstić information content (AvgIpc) is 3.90. The first-order valence-electron chi connectivity index (χ1n) is 20.7. The Labute approximate surface area is 353 Å². The Morgan fingerprint density at radius 3 is 1.56 bits per heavy atom.